The van der Waals surface area contributed by atoms with Crippen LogP contribution in [0.5, 0.6) is 23.0 Å². The maximum atomic E-state index is 9.75. The minimum atomic E-state index is -0.686. The molecule has 1 aliphatic rings. The van der Waals surface area contributed by atoms with E-state index in [0.29, 0.717) is 45.6 Å². The molecule has 0 saturated carbocycles. The molecule has 0 bridgehead atoms. The molecule has 26 heavy (non-hydrogen) atoms. The van der Waals surface area contributed by atoms with Gasteiger partial charge in [0.2, 0.25) is 0 Å². The zero-order valence-corrected chi connectivity index (χ0v) is 14.6. The quantitative estimate of drug-likeness (QED) is 0.813. The van der Waals surface area contributed by atoms with E-state index in [1.165, 1.54) is 33.5 Å². The van der Waals surface area contributed by atoms with Crippen molar-refractivity contribution in [3.05, 3.63) is 47.2 Å². The van der Waals surface area contributed by atoms with E-state index in [9.17, 15) is 10.4 Å². The number of rotatable bonds is 4. The van der Waals surface area contributed by atoms with E-state index in [4.69, 9.17) is 24.7 Å². The summed E-state index contributed by atoms with van der Waals surface area (Å²) in [5.74, 6) is 1.22. The fraction of sp³-hybridized carbons (Fsp3) is 0.211. The van der Waals surface area contributed by atoms with Gasteiger partial charge in [-0.25, -0.2) is 0 Å². The van der Waals surface area contributed by atoms with Crippen molar-refractivity contribution in [3.8, 4) is 29.1 Å². The number of aromatic hydroxyl groups is 1. The normalized spacial score (nSPS) is 15.5. The molecule has 0 saturated heterocycles. The van der Waals surface area contributed by atoms with Crippen molar-refractivity contribution in [1.29, 1.82) is 5.26 Å². The maximum Gasteiger partial charge on any atom is 0.183 e. The largest absolute Gasteiger partial charge is 0.508 e. The number of fused-ring (bicyclic) bond motifs is 1. The molecule has 134 valence electrons. The number of nitrogens with two attached hydrogens (primary N) is 1. The van der Waals surface area contributed by atoms with Gasteiger partial charge in [-0.1, -0.05) is 0 Å². The fourth-order valence-electron chi connectivity index (χ4n) is 2.95. The Hall–Kier alpha value is -3.53. The van der Waals surface area contributed by atoms with Crippen LogP contribution < -0.4 is 19.9 Å². The second kappa shape index (κ2) is 6.76. The first-order chi connectivity index (χ1) is 12.5. The molecule has 0 radical (unpaired) electrons. The van der Waals surface area contributed by atoms with Crippen molar-refractivity contribution in [2.45, 2.75) is 5.92 Å². The Morgan fingerprint density at radius 3 is 2.50 bits per heavy atom. The molecule has 2 aromatic carbocycles. The summed E-state index contributed by atoms with van der Waals surface area (Å²) >= 11 is 0. The van der Waals surface area contributed by atoms with E-state index in [2.05, 4.69) is 6.07 Å². The van der Waals surface area contributed by atoms with Gasteiger partial charge in [-0.2, -0.15) is 5.26 Å². The standard InChI is InChI=1S/C19H18N2O5/c1-23-16-7-10(6-14(21)19(16)25-3)17-18(24-2)13(9-20)12-5-4-11(22)8-15(12)26-17/h4-8,13,22H,21H2,1-3H3. The van der Waals surface area contributed by atoms with Gasteiger partial charge in [0.15, 0.2) is 23.0 Å². The molecule has 0 amide bonds. The third-order valence-corrected chi connectivity index (χ3v) is 4.12. The van der Waals surface area contributed by atoms with Crippen LogP contribution in [-0.4, -0.2) is 26.4 Å². The average Bonchev–Trinajstić information content (AvgIpc) is 2.65. The van der Waals surface area contributed by atoms with Gasteiger partial charge in [0.25, 0.3) is 0 Å². The van der Waals surface area contributed by atoms with Crippen molar-refractivity contribution in [2.75, 3.05) is 27.1 Å². The number of phenolic OH excluding ortho intramolecular Hbond substituents is 1. The van der Waals surface area contributed by atoms with E-state index in [0.717, 1.165) is 0 Å². The number of anilines is 1. The lowest BCUT2D eigenvalue weighted by atomic mass is 9.92. The predicted molar refractivity (Wildman–Crippen MR) is 95.0 cm³/mol. The molecule has 0 aromatic heterocycles. The Balaban J connectivity index is 2.21. The predicted octanol–water partition coefficient (Wildman–Crippen LogP) is 3.01. The van der Waals surface area contributed by atoms with Crippen molar-refractivity contribution in [1.82, 2.24) is 0 Å². The molecule has 0 aliphatic carbocycles. The summed E-state index contributed by atoms with van der Waals surface area (Å²) in [5.41, 5.74) is 7.58. The van der Waals surface area contributed by atoms with Crippen LogP contribution in [0.1, 0.15) is 17.0 Å². The zero-order chi connectivity index (χ0) is 18.8. The molecule has 7 nitrogen and oxygen atoms in total. The molecule has 3 rings (SSSR count). The lowest BCUT2D eigenvalue weighted by Gasteiger charge is -2.26. The van der Waals surface area contributed by atoms with Crippen LogP contribution in [0.15, 0.2) is 36.1 Å². The minimum Gasteiger partial charge on any atom is -0.508 e. The van der Waals surface area contributed by atoms with Gasteiger partial charge in [0.05, 0.1) is 33.1 Å². The maximum absolute atomic E-state index is 9.75. The first kappa shape index (κ1) is 17.3. The van der Waals surface area contributed by atoms with Crippen LogP contribution >= 0.6 is 0 Å². The highest BCUT2D eigenvalue weighted by Crippen LogP contribution is 2.45. The summed E-state index contributed by atoms with van der Waals surface area (Å²) in [6.07, 6.45) is 0. The highest BCUT2D eigenvalue weighted by atomic mass is 16.5. The number of allylic oxidation sites excluding steroid dienone is 1. The summed E-state index contributed by atoms with van der Waals surface area (Å²) in [6, 6.07) is 10.1. The second-order valence-electron chi connectivity index (χ2n) is 5.58. The Labute approximate surface area is 150 Å². The highest BCUT2D eigenvalue weighted by Gasteiger charge is 2.32. The number of hydrogen-bond donors (Lipinski definition) is 2. The van der Waals surface area contributed by atoms with Gasteiger partial charge >= 0.3 is 0 Å². The van der Waals surface area contributed by atoms with Crippen LogP contribution in [-0.2, 0) is 4.74 Å². The summed E-state index contributed by atoms with van der Waals surface area (Å²) in [4.78, 5) is 0. The number of hydrogen-bond acceptors (Lipinski definition) is 7. The zero-order valence-electron chi connectivity index (χ0n) is 14.6. The SMILES string of the molecule is COC1=C(c2cc(N)c(OC)c(OC)c2)Oc2cc(O)ccc2C1C#N. The van der Waals surface area contributed by atoms with Crippen LogP contribution in [0.4, 0.5) is 5.69 Å². The van der Waals surface area contributed by atoms with Crippen molar-refractivity contribution >= 4 is 11.4 Å². The van der Waals surface area contributed by atoms with Crippen LogP contribution in [0, 0.1) is 11.3 Å². The molecular weight excluding hydrogens is 336 g/mol. The molecule has 1 heterocycles. The van der Waals surface area contributed by atoms with E-state index >= 15 is 0 Å². The molecule has 0 fully saturated rings. The smallest absolute Gasteiger partial charge is 0.183 e. The molecule has 1 aliphatic heterocycles. The average molecular weight is 354 g/mol. The fourth-order valence-corrected chi connectivity index (χ4v) is 2.95. The van der Waals surface area contributed by atoms with E-state index in [1.807, 2.05) is 0 Å². The number of nitriles is 1. The van der Waals surface area contributed by atoms with E-state index in [-0.39, 0.29) is 5.75 Å². The highest BCUT2D eigenvalue weighted by molar-refractivity contribution is 5.76. The molecule has 3 N–H and O–H groups in total. The number of nitrogen functional groups attached to an aromatic ring is 1. The third kappa shape index (κ3) is 2.71. The monoisotopic (exact) mass is 354 g/mol. The van der Waals surface area contributed by atoms with Gasteiger partial charge in [0, 0.05) is 17.2 Å². The summed E-state index contributed by atoms with van der Waals surface area (Å²) in [6.45, 7) is 0. The molecule has 1 atom stereocenters. The number of methoxy groups -OCH3 is 3. The van der Waals surface area contributed by atoms with E-state index < -0.39 is 5.92 Å². The van der Waals surface area contributed by atoms with Crippen LogP contribution in [0.2, 0.25) is 0 Å². The topological polar surface area (TPSA) is 107 Å². The Kier molecular flexibility index (Phi) is 4.50. The summed E-state index contributed by atoms with van der Waals surface area (Å²) < 4.78 is 22.0. The second-order valence-corrected chi connectivity index (χ2v) is 5.58. The molecular formula is C19H18N2O5. The molecule has 0 spiro atoms. The number of benzene rings is 2. The van der Waals surface area contributed by atoms with Crippen molar-refractivity contribution < 1.29 is 24.1 Å². The summed E-state index contributed by atoms with van der Waals surface area (Å²) in [7, 11) is 4.47. The van der Waals surface area contributed by atoms with Crippen LogP contribution in [0.25, 0.3) is 5.76 Å². The number of phenols is 1. The molecule has 1 unspecified atom stereocenters. The lowest BCUT2D eigenvalue weighted by Crippen LogP contribution is -2.16. The van der Waals surface area contributed by atoms with Crippen molar-refractivity contribution in [2.24, 2.45) is 0 Å². The van der Waals surface area contributed by atoms with Gasteiger partial charge in [-0.15, -0.1) is 0 Å². The van der Waals surface area contributed by atoms with Gasteiger partial charge in [-0.05, 0) is 24.3 Å². The summed E-state index contributed by atoms with van der Waals surface area (Å²) in [5, 5.41) is 19.4. The third-order valence-electron chi connectivity index (χ3n) is 4.12. The van der Waals surface area contributed by atoms with Gasteiger partial charge in [0.1, 0.15) is 17.4 Å². The van der Waals surface area contributed by atoms with Gasteiger partial charge < -0.3 is 29.8 Å². The molecule has 7 heteroatoms. The Morgan fingerprint density at radius 2 is 1.88 bits per heavy atom. The van der Waals surface area contributed by atoms with Gasteiger partial charge in [-0.3, -0.25) is 0 Å². The van der Waals surface area contributed by atoms with E-state index in [1.54, 1.807) is 18.2 Å². The van der Waals surface area contributed by atoms with Crippen LogP contribution in [0.3, 0.4) is 0 Å². The number of ether oxygens (including phenoxy) is 4. The minimum absolute atomic E-state index is 0.0347. The Bertz CT molecular complexity index is 930. The lowest BCUT2D eigenvalue weighted by molar-refractivity contribution is 0.258. The Morgan fingerprint density at radius 1 is 1.12 bits per heavy atom. The number of nitrogens with zero attached hydrogens (tertiary/aromatic N) is 1. The first-order valence-electron chi connectivity index (χ1n) is 7.74. The molecule has 2 aromatic rings. The van der Waals surface area contributed by atoms with Crippen molar-refractivity contribution in [3.63, 3.8) is 0 Å². The first-order valence-corrected chi connectivity index (χ1v) is 7.74.